The molecule has 0 aromatic heterocycles. The lowest BCUT2D eigenvalue weighted by atomic mass is 10.0. The van der Waals surface area contributed by atoms with Crippen molar-refractivity contribution in [2.45, 2.75) is 33.0 Å². The van der Waals surface area contributed by atoms with Gasteiger partial charge in [0.2, 0.25) is 11.8 Å². The highest BCUT2D eigenvalue weighted by atomic mass is 35.5. The van der Waals surface area contributed by atoms with Gasteiger partial charge < -0.3 is 15.0 Å². The van der Waals surface area contributed by atoms with Gasteiger partial charge in [-0.2, -0.15) is 0 Å². The predicted octanol–water partition coefficient (Wildman–Crippen LogP) is 5.39. The summed E-state index contributed by atoms with van der Waals surface area (Å²) in [6.07, 6.45) is 0. The first-order valence-corrected chi connectivity index (χ1v) is 11.3. The summed E-state index contributed by atoms with van der Waals surface area (Å²) in [6, 6.07) is 23.5. The highest BCUT2D eigenvalue weighted by Crippen LogP contribution is 2.26. The van der Waals surface area contributed by atoms with E-state index in [1.165, 1.54) is 0 Å². The molecule has 0 bridgehead atoms. The Balaban J connectivity index is 1.91. The molecule has 0 unspecified atom stereocenters. The molecule has 0 radical (unpaired) electrons. The van der Waals surface area contributed by atoms with Crippen molar-refractivity contribution in [1.29, 1.82) is 0 Å². The molecule has 0 aliphatic heterocycles. The number of rotatable bonds is 9. The minimum absolute atomic E-state index is 0.0960. The van der Waals surface area contributed by atoms with Crippen LogP contribution in [0.25, 0.3) is 0 Å². The van der Waals surface area contributed by atoms with Gasteiger partial charge in [-0.25, -0.2) is 0 Å². The number of methoxy groups -OCH3 is 1. The van der Waals surface area contributed by atoms with E-state index in [0.29, 0.717) is 18.1 Å². The molecule has 3 rings (SSSR count). The van der Waals surface area contributed by atoms with Crippen molar-refractivity contribution in [2.24, 2.45) is 5.92 Å². The topological polar surface area (TPSA) is 58.6 Å². The van der Waals surface area contributed by atoms with Crippen molar-refractivity contribution >= 4 is 23.4 Å². The number of nitrogens with one attached hydrogen (secondary N) is 1. The van der Waals surface area contributed by atoms with Gasteiger partial charge in [0.1, 0.15) is 11.8 Å². The molecule has 33 heavy (non-hydrogen) atoms. The Bertz CT molecular complexity index is 1050. The van der Waals surface area contributed by atoms with Gasteiger partial charge >= 0.3 is 0 Å². The molecule has 0 heterocycles. The monoisotopic (exact) mass is 464 g/mol. The molecule has 0 aliphatic carbocycles. The molecule has 3 aromatic rings. The minimum atomic E-state index is -0.768. The van der Waals surface area contributed by atoms with Crippen molar-refractivity contribution in [3.05, 3.63) is 101 Å². The fourth-order valence-electron chi connectivity index (χ4n) is 3.55. The van der Waals surface area contributed by atoms with Gasteiger partial charge in [0.25, 0.3) is 0 Å². The summed E-state index contributed by atoms with van der Waals surface area (Å²) in [4.78, 5) is 28.5. The SMILES string of the molecule is COc1ccc(CN(C(=O)C(C)C)[C@@H](C(=O)NCc2ccc(Cl)cc2)c2ccccc2)cc1. The standard InChI is InChI=1S/C27H29ClN2O3/c1-19(2)27(32)30(18-21-11-15-24(33-3)16-12-21)25(22-7-5-4-6-8-22)26(31)29-17-20-9-13-23(28)14-10-20/h4-16,19,25H,17-18H2,1-3H3,(H,29,31)/t25-/m1/s1. The number of amides is 2. The van der Waals surface area contributed by atoms with Gasteiger partial charge in [-0.05, 0) is 41.0 Å². The zero-order valence-electron chi connectivity index (χ0n) is 19.1. The molecule has 0 spiro atoms. The van der Waals surface area contributed by atoms with Crippen molar-refractivity contribution in [1.82, 2.24) is 10.2 Å². The largest absolute Gasteiger partial charge is 0.497 e. The van der Waals surface area contributed by atoms with Crippen molar-refractivity contribution in [3.8, 4) is 5.75 Å². The maximum absolute atomic E-state index is 13.5. The molecule has 5 nitrogen and oxygen atoms in total. The zero-order valence-corrected chi connectivity index (χ0v) is 19.9. The van der Waals surface area contributed by atoms with Gasteiger partial charge in [0.05, 0.1) is 7.11 Å². The third-order valence-electron chi connectivity index (χ3n) is 5.34. The highest BCUT2D eigenvalue weighted by Gasteiger charge is 2.32. The van der Waals surface area contributed by atoms with Crippen molar-refractivity contribution < 1.29 is 14.3 Å². The first kappa shape index (κ1) is 24.3. The zero-order chi connectivity index (χ0) is 23.8. The summed E-state index contributed by atoms with van der Waals surface area (Å²) in [5.74, 6) is 0.138. The summed E-state index contributed by atoms with van der Waals surface area (Å²) in [7, 11) is 1.61. The number of ether oxygens (including phenoxy) is 1. The molecule has 172 valence electrons. The normalized spacial score (nSPS) is 11.7. The van der Waals surface area contributed by atoms with E-state index < -0.39 is 6.04 Å². The number of hydrogen-bond acceptors (Lipinski definition) is 3. The average molecular weight is 465 g/mol. The number of halogens is 1. The lowest BCUT2D eigenvalue weighted by Crippen LogP contribution is -2.44. The molecular weight excluding hydrogens is 436 g/mol. The molecule has 1 atom stereocenters. The molecule has 1 N–H and O–H groups in total. The first-order chi connectivity index (χ1) is 15.9. The summed E-state index contributed by atoms with van der Waals surface area (Å²) in [5, 5.41) is 3.64. The molecule has 3 aromatic carbocycles. The van der Waals surface area contributed by atoms with E-state index in [-0.39, 0.29) is 17.7 Å². The Hall–Kier alpha value is -3.31. The van der Waals surface area contributed by atoms with E-state index in [1.54, 1.807) is 24.1 Å². The smallest absolute Gasteiger partial charge is 0.247 e. The average Bonchev–Trinajstić information content (AvgIpc) is 2.84. The van der Waals surface area contributed by atoms with E-state index in [9.17, 15) is 9.59 Å². The van der Waals surface area contributed by atoms with Gasteiger partial charge in [-0.15, -0.1) is 0 Å². The van der Waals surface area contributed by atoms with E-state index in [0.717, 1.165) is 22.4 Å². The quantitative estimate of drug-likeness (QED) is 0.461. The van der Waals surface area contributed by atoms with E-state index in [4.69, 9.17) is 16.3 Å². The number of benzene rings is 3. The second-order valence-corrected chi connectivity index (χ2v) is 8.56. The first-order valence-electron chi connectivity index (χ1n) is 10.9. The molecule has 0 saturated heterocycles. The number of carbonyl (C=O) groups excluding carboxylic acids is 2. The Morgan fingerprint density at radius 3 is 2.09 bits per heavy atom. The molecular formula is C27H29ClN2O3. The molecule has 0 fully saturated rings. The second-order valence-electron chi connectivity index (χ2n) is 8.13. The fourth-order valence-corrected chi connectivity index (χ4v) is 3.68. The number of carbonyl (C=O) groups is 2. The molecule has 0 saturated carbocycles. The van der Waals surface area contributed by atoms with Crippen LogP contribution in [0.15, 0.2) is 78.9 Å². The van der Waals surface area contributed by atoms with Gasteiger partial charge in [-0.3, -0.25) is 9.59 Å². The highest BCUT2D eigenvalue weighted by molar-refractivity contribution is 6.30. The maximum Gasteiger partial charge on any atom is 0.247 e. The van der Waals surface area contributed by atoms with Crippen LogP contribution in [0.1, 0.15) is 36.6 Å². The third-order valence-corrected chi connectivity index (χ3v) is 5.60. The van der Waals surface area contributed by atoms with E-state index >= 15 is 0 Å². The van der Waals surface area contributed by atoms with E-state index in [1.807, 2.05) is 80.6 Å². The molecule has 6 heteroatoms. The maximum atomic E-state index is 13.5. The van der Waals surface area contributed by atoms with E-state index in [2.05, 4.69) is 5.32 Å². The van der Waals surface area contributed by atoms with Crippen molar-refractivity contribution in [3.63, 3.8) is 0 Å². The van der Waals surface area contributed by atoms with Crippen LogP contribution in [0.5, 0.6) is 5.75 Å². The Morgan fingerprint density at radius 1 is 0.909 bits per heavy atom. The molecule has 0 aliphatic rings. The van der Waals surface area contributed by atoms with Crippen LogP contribution in [0.3, 0.4) is 0 Å². The Kier molecular flexibility index (Phi) is 8.50. The van der Waals surface area contributed by atoms with Crippen LogP contribution in [0.2, 0.25) is 5.02 Å². The summed E-state index contributed by atoms with van der Waals surface area (Å²) >= 11 is 5.97. The van der Waals surface area contributed by atoms with Crippen LogP contribution in [0, 0.1) is 5.92 Å². The van der Waals surface area contributed by atoms with Crippen LogP contribution in [0.4, 0.5) is 0 Å². The minimum Gasteiger partial charge on any atom is -0.497 e. The number of hydrogen-bond donors (Lipinski definition) is 1. The molecule has 2 amide bonds. The van der Waals surface area contributed by atoms with Crippen LogP contribution >= 0.6 is 11.6 Å². The Labute approximate surface area is 200 Å². The second kappa shape index (κ2) is 11.5. The lowest BCUT2D eigenvalue weighted by molar-refractivity contribution is -0.144. The third kappa shape index (κ3) is 6.59. The Morgan fingerprint density at radius 2 is 1.52 bits per heavy atom. The van der Waals surface area contributed by atoms with Crippen LogP contribution in [-0.4, -0.2) is 23.8 Å². The summed E-state index contributed by atoms with van der Waals surface area (Å²) < 4.78 is 5.24. The lowest BCUT2D eigenvalue weighted by Gasteiger charge is -2.33. The summed E-state index contributed by atoms with van der Waals surface area (Å²) in [6.45, 7) is 4.33. The summed E-state index contributed by atoms with van der Waals surface area (Å²) in [5.41, 5.74) is 2.60. The van der Waals surface area contributed by atoms with Gasteiger partial charge in [0.15, 0.2) is 0 Å². The predicted molar refractivity (Wildman–Crippen MR) is 131 cm³/mol. The van der Waals surface area contributed by atoms with Gasteiger partial charge in [0, 0.05) is 24.0 Å². The fraction of sp³-hybridized carbons (Fsp3) is 0.259. The van der Waals surface area contributed by atoms with Crippen molar-refractivity contribution in [2.75, 3.05) is 7.11 Å². The van der Waals surface area contributed by atoms with Crippen LogP contribution < -0.4 is 10.1 Å². The van der Waals surface area contributed by atoms with Gasteiger partial charge in [-0.1, -0.05) is 80.0 Å². The van der Waals surface area contributed by atoms with Crippen LogP contribution in [-0.2, 0) is 22.7 Å². The number of nitrogens with zero attached hydrogens (tertiary/aromatic N) is 1.